The van der Waals surface area contributed by atoms with Gasteiger partial charge < -0.3 is 20.5 Å². The summed E-state index contributed by atoms with van der Waals surface area (Å²) >= 11 is 6.08. The van der Waals surface area contributed by atoms with Crippen molar-refractivity contribution in [1.82, 2.24) is 25.9 Å². The van der Waals surface area contributed by atoms with Gasteiger partial charge in [-0.2, -0.15) is 5.10 Å². The van der Waals surface area contributed by atoms with Crippen molar-refractivity contribution in [2.45, 2.75) is 38.3 Å². The number of benzene rings is 1. The monoisotopic (exact) mass is 450 g/mol. The molecule has 2 aliphatic heterocycles. The molecule has 0 bridgehead atoms. The maximum Gasteiger partial charge on any atom is 0.0918 e. The Bertz CT molecular complexity index is 1080. The topological polar surface area (TPSA) is 67.5 Å². The summed E-state index contributed by atoms with van der Waals surface area (Å²) in [6.07, 6.45) is 7.99. The number of piperidine rings is 1. The van der Waals surface area contributed by atoms with Gasteiger partial charge in [0.15, 0.2) is 0 Å². The average molecular weight is 451 g/mol. The van der Waals surface area contributed by atoms with E-state index in [1.165, 1.54) is 0 Å². The molecule has 0 aliphatic carbocycles. The Kier molecular flexibility index (Phi) is 6.90. The number of nitrogens with one attached hydrogen (secondary N) is 4. The van der Waals surface area contributed by atoms with Crippen molar-refractivity contribution in [3.8, 4) is 0 Å². The number of rotatable bonds is 9. The average Bonchev–Trinajstić information content (AvgIpc) is 3.19. The quantitative estimate of drug-likeness (QED) is 0.444. The molecule has 3 heterocycles. The standard InChI is InChI=1S/C25H31ClN6/c1-17-6-9-22(31-30-17)10-7-18(2)32-12-4-5-23(16-32)28-19(3)27-15-24-14-20-13-21(26)8-11-25(20)29-24/h6,8-9,11,13-14,23,27-30H,1-5,7,10,12,15-16H2. The van der Waals surface area contributed by atoms with E-state index in [9.17, 15) is 0 Å². The van der Waals surface area contributed by atoms with Gasteiger partial charge in [-0.25, -0.2) is 0 Å². The Hall–Kier alpha value is -3.12. The Labute approximate surface area is 194 Å². The van der Waals surface area contributed by atoms with E-state index in [1.807, 2.05) is 30.4 Å². The summed E-state index contributed by atoms with van der Waals surface area (Å²) in [5.41, 5.74) is 8.12. The molecule has 1 saturated heterocycles. The van der Waals surface area contributed by atoms with Crippen LogP contribution in [-0.4, -0.2) is 34.7 Å². The summed E-state index contributed by atoms with van der Waals surface area (Å²) in [4.78, 5) is 5.80. The number of aromatic nitrogens is 1. The molecule has 1 atom stereocenters. The molecule has 1 aromatic heterocycles. The fraction of sp³-hybridized carbons (Fsp3) is 0.320. The van der Waals surface area contributed by atoms with Crippen LogP contribution in [0.1, 0.15) is 31.4 Å². The van der Waals surface area contributed by atoms with Crippen LogP contribution in [0, 0.1) is 0 Å². The van der Waals surface area contributed by atoms with E-state index in [2.05, 4.69) is 56.8 Å². The van der Waals surface area contributed by atoms with Gasteiger partial charge in [0.1, 0.15) is 0 Å². The van der Waals surface area contributed by atoms with E-state index in [4.69, 9.17) is 11.6 Å². The normalized spacial score (nSPS) is 18.3. The molecular formula is C25H31ClN6. The molecule has 4 rings (SSSR count). The highest BCUT2D eigenvalue weighted by atomic mass is 35.5. The summed E-state index contributed by atoms with van der Waals surface area (Å²) in [5.74, 6) is 0.840. The molecule has 32 heavy (non-hydrogen) atoms. The Balaban J connectivity index is 1.22. The van der Waals surface area contributed by atoms with Crippen LogP contribution >= 0.6 is 11.6 Å². The van der Waals surface area contributed by atoms with Gasteiger partial charge in [-0.15, -0.1) is 0 Å². The summed E-state index contributed by atoms with van der Waals surface area (Å²) in [7, 11) is 0. The van der Waals surface area contributed by atoms with Gasteiger partial charge in [-0.1, -0.05) is 31.3 Å². The Morgan fingerprint density at radius 2 is 2.12 bits per heavy atom. The predicted molar refractivity (Wildman–Crippen MR) is 134 cm³/mol. The first-order chi connectivity index (χ1) is 15.5. The van der Waals surface area contributed by atoms with E-state index in [1.54, 1.807) is 0 Å². The molecule has 6 nitrogen and oxygen atoms in total. The number of allylic oxidation sites excluding steroid dienone is 3. The fourth-order valence-electron chi connectivity index (χ4n) is 4.12. The van der Waals surface area contributed by atoms with Crippen molar-refractivity contribution >= 4 is 28.2 Å². The van der Waals surface area contributed by atoms with Crippen LogP contribution in [-0.2, 0) is 6.54 Å². The van der Waals surface area contributed by atoms with E-state index < -0.39 is 0 Å². The number of aromatic amines is 1. The third-order valence-electron chi connectivity index (χ3n) is 5.87. The molecular weight excluding hydrogens is 420 g/mol. The number of hydrazone groups is 1. The molecule has 0 amide bonds. The largest absolute Gasteiger partial charge is 0.373 e. The first kappa shape index (κ1) is 22.1. The van der Waals surface area contributed by atoms with Crippen LogP contribution in [0.5, 0.6) is 0 Å². The molecule has 1 unspecified atom stereocenters. The van der Waals surface area contributed by atoms with Crippen molar-refractivity contribution in [1.29, 1.82) is 0 Å². The SMILES string of the molecule is C=C1C=CC(CCC(=C)N2CCCC(NC(=C)NCc3cc4cc(Cl)ccc4[nH]3)C2)=NN1. The molecule has 2 aromatic rings. The number of likely N-dealkylation sites (tertiary alicyclic amines) is 1. The van der Waals surface area contributed by atoms with Crippen LogP contribution in [0.3, 0.4) is 0 Å². The van der Waals surface area contributed by atoms with Crippen LogP contribution in [0.15, 0.2) is 78.5 Å². The highest BCUT2D eigenvalue weighted by Crippen LogP contribution is 2.21. The second kappa shape index (κ2) is 10.0. The second-order valence-electron chi connectivity index (χ2n) is 8.43. The van der Waals surface area contributed by atoms with Gasteiger partial charge in [0, 0.05) is 52.1 Å². The third kappa shape index (κ3) is 5.77. The van der Waals surface area contributed by atoms with Crippen molar-refractivity contribution in [2.75, 3.05) is 13.1 Å². The van der Waals surface area contributed by atoms with Gasteiger partial charge in [0.05, 0.1) is 18.1 Å². The summed E-state index contributed by atoms with van der Waals surface area (Å²) < 4.78 is 0. The van der Waals surface area contributed by atoms with Gasteiger partial charge in [0.25, 0.3) is 0 Å². The zero-order valence-corrected chi connectivity index (χ0v) is 19.1. The van der Waals surface area contributed by atoms with Gasteiger partial charge in [-0.3, -0.25) is 5.43 Å². The van der Waals surface area contributed by atoms with Gasteiger partial charge >= 0.3 is 0 Å². The summed E-state index contributed by atoms with van der Waals surface area (Å²) in [6, 6.07) is 8.33. The highest BCUT2D eigenvalue weighted by Gasteiger charge is 2.21. The summed E-state index contributed by atoms with van der Waals surface area (Å²) in [5, 5.41) is 13.1. The van der Waals surface area contributed by atoms with Crippen LogP contribution in [0.2, 0.25) is 5.02 Å². The number of H-pyrrole nitrogens is 1. The third-order valence-corrected chi connectivity index (χ3v) is 6.10. The summed E-state index contributed by atoms with van der Waals surface area (Å²) in [6.45, 7) is 15.0. The number of hydrogen-bond acceptors (Lipinski definition) is 5. The zero-order valence-electron chi connectivity index (χ0n) is 18.4. The van der Waals surface area contributed by atoms with Crippen molar-refractivity contribution in [2.24, 2.45) is 5.10 Å². The Morgan fingerprint density at radius 3 is 2.94 bits per heavy atom. The Morgan fingerprint density at radius 1 is 1.25 bits per heavy atom. The minimum atomic E-state index is 0.346. The number of halogens is 1. The lowest BCUT2D eigenvalue weighted by Gasteiger charge is -2.36. The van der Waals surface area contributed by atoms with Crippen molar-refractivity contribution in [3.05, 3.63) is 84.1 Å². The van der Waals surface area contributed by atoms with Crippen LogP contribution in [0.4, 0.5) is 0 Å². The molecule has 4 N–H and O–H groups in total. The van der Waals surface area contributed by atoms with E-state index >= 15 is 0 Å². The number of fused-ring (bicyclic) bond motifs is 1. The second-order valence-corrected chi connectivity index (χ2v) is 8.86. The molecule has 1 fully saturated rings. The molecule has 0 saturated carbocycles. The first-order valence-corrected chi connectivity index (χ1v) is 11.4. The molecule has 0 radical (unpaired) electrons. The smallest absolute Gasteiger partial charge is 0.0918 e. The van der Waals surface area contributed by atoms with Gasteiger partial charge in [0.2, 0.25) is 0 Å². The van der Waals surface area contributed by atoms with E-state index in [0.29, 0.717) is 12.6 Å². The predicted octanol–water partition coefficient (Wildman–Crippen LogP) is 4.76. The first-order valence-electron chi connectivity index (χ1n) is 11.0. The van der Waals surface area contributed by atoms with Crippen molar-refractivity contribution < 1.29 is 0 Å². The van der Waals surface area contributed by atoms with Gasteiger partial charge in [-0.05, 0) is 62.1 Å². The minimum absolute atomic E-state index is 0.346. The van der Waals surface area contributed by atoms with E-state index in [-0.39, 0.29) is 0 Å². The van der Waals surface area contributed by atoms with Crippen LogP contribution < -0.4 is 16.1 Å². The highest BCUT2D eigenvalue weighted by molar-refractivity contribution is 6.31. The van der Waals surface area contributed by atoms with Crippen LogP contribution in [0.25, 0.3) is 10.9 Å². The maximum absolute atomic E-state index is 6.08. The van der Waals surface area contributed by atoms with E-state index in [0.717, 1.165) is 83.3 Å². The molecule has 1 aromatic carbocycles. The van der Waals surface area contributed by atoms with Crippen molar-refractivity contribution in [3.63, 3.8) is 0 Å². The number of nitrogens with zero attached hydrogens (tertiary/aromatic N) is 2. The molecule has 2 aliphatic rings. The molecule has 7 heteroatoms. The lowest BCUT2D eigenvalue weighted by atomic mass is 10.0. The molecule has 168 valence electrons. The number of hydrogen-bond donors (Lipinski definition) is 4. The maximum atomic E-state index is 6.08. The lowest BCUT2D eigenvalue weighted by Crippen LogP contribution is -2.46. The fourth-order valence-corrected chi connectivity index (χ4v) is 4.31. The lowest BCUT2D eigenvalue weighted by molar-refractivity contribution is 0.235. The minimum Gasteiger partial charge on any atom is -0.373 e. The zero-order chi connectivity index (χ0) is 22.5. The molecule has 0 spiro atoms.